The number of carbonyl (C=O) groups is 2. The van der Waals surface area contributed by atoms with Gasteiger partial charge >= 0.3 is 5.97 Å². The molecule has 0 saturated heterocycles. The molecule has 0 N–H and O–H groups in total. The van der Waals surface area contributed by atoms with Crippen molar-refractivity contribution in [1.29, 1.82) is 0 Å². The zero-order valence-electron chi connectivity index (χ0n) is 15.0. The Kier molecular flexibility index (Phi) is 5.56. The summed E-state index contributed by atoms with van der Waals surface area (Å²) in [6.07, 6.45) is 1.37. The van der Waals surface area contributed by atoms with Crippen LogP contribution >= 0.6 is 0 Å². The van der Waals surface area contributed by atoms with Gasteiger partial charge in [0.2, 0.25) is 5.78 Å². The minimum absolute atomic E-state index is 0.0161. The molecule has 3 rings (SSSR count). The summed E-state index contributed by atoms with van der Waals surface area (Å²) in [4.78, 5) is 33.7. The number of methoxy groups -OCH3 is 1. The zero-order chi connectivity index (χ0) is 19.2. The van der Waals surface area contributed by atoms with Gasteiger partial charge in [-0.3, -0.25) is 9.78 Å². The van der Waals surface area contributed by atoms with Crippen LogP contribution in [0, 0.1) is 0 Å². The summed E-state index contributed by atoms with van der Waals surface area (Å²) in [5, 5.41) is 0. The molecule has 0 aliphatic heterocycles. The smallest absolute Gasteiger partial charge is 0.359 e. The average Bonchev–Trinajstić information content (AvgIpc) is 2.73. The van der Waals surface area contributed by atoms with Gasteiger partial charge < -0.3 is 9.47 Å². The number of hydrogen-bond donors (Lipinski definition) is 0. The maximum absolute atomic E-state index is 12.7. The van der Waals surface area contributed by atoms with Crippen molar-refractivity contribution < 1.29 is 19.1 Å². The van der Waals surface area contributed by atoms with Crippen LogP contribution in [-0.4, -0.2) is 35.4 Å². The summed E-state index contributed by atoms with van der Waals surface area (Å²) in [5.41, 5.74) is 1.61. The number of nitrogens with zero attached hydrogens (tertiary/aromatic N) is 2. The van der Waals surface area contributed by atoms with Gasteiger partial charge in [-0.25, -0.2) is 9.78 Å². The first-order valence-corrected chi connectivity index (χ1v) is 8.42. The molecule has 0 unspecified atom stereocenters. The van der Waals surface area contributed by atoms with Crippen LogP contribution in [-0.2, 0) is 4.74 Å². The van der Waals surface area contributed by atoms with Crippen molar-refractivity contribution in [2.45, 2.75) is 6.92 Å². The second kappa shape index (κ2) is 8.23. The summed E-state index contributed by atoms with van der Waals surface area (Å²) >= 11 is 0. The van der Waals surface area contributed by atoms with E-state index in [2.05, 4.69) is 9.97 Å². The fraction of sp³-hybridized carbons (Fsp3) is 0.143. The molecule has 0 aliphatic rings. The number of aromatic nitrogens is 2. The molecule has 1 heterocycles. The first-order valence-electron chi connectivity index (χ1n) is 8.42. The highest BCUT2D eigenvalue weighted by atomic mass is 16.5. The average molecular weight is 362 g/mol. The molecule has 0 spiro atoms. The fourth-order valence-electron chi connectivity index (χ4n) is 2.54. The molecule has 0 aliphatic carbocycles. The van der Waals surface area contributed by atoms with Gasteiger partial charge in [0.1, 0.15) is 17.1 Å². The van der Waals surface area contributed by atoms with Crippen LogP contribution in [0.1, 0.15) is 33.5 Å². The van der Waals surface area contributed by atoms with Crippen LogP contribution in [0.4, 0.5) is 0 Å². The number of rotatable bonds is 6. The summed E-state index contributed by atoms with van der Waals surface area (Å²) in [5.74, 6) is -0.312. The molecular weight excluding hydrogens is 344 g/mol. The van der Waals surface area contributed by atoms with Crippen molar-refractivity contribution in [2.75, 3.05) is 13.7 Å². The van der Waals surface area contributed by atoms with E-state index in [-0.39, 0.29) is 23.8 Å². The molecule has 27 heavy (non-hydrogen) atoms. The van der Waals surface area contributed by atoms with Gasteiger partial charge in [-0.1, -0.05) is 30.3 Å². The number of carbonyl (C=O) groups excluding carboxylic acids is 2. The number of hydrogen-bond acceptors (Lipinski definition) is 6. The van der Waals surface area contributed by atoms with Gasteiger partial charge in [-0.05, 0) is 31.2 Å². The van der Waals surface area contributed by atoms with Crippen LogP contribution in [0.3, 0.4) is 0 Å². The second-order valence-corrected chi connectivity index (χ2v) is 5.60. The lowest BCUT2D eigenvalue weighted by atomic mass is 10.1. The Labute approximate surface area is 156 Å². The molecule has 3 aromatic rings. The predicted octanol–water partition coefficient (Wildman–Crippen LogP) is 3.56. The van der Waals surface area contributed by atoms with Gasteiger partial charge in [0.15, 0.2) is 5.69 Å². The molecule has 2 aromatic carbocycles. The van der Waals surface area contributed by atoms with E-state index in [1.807, 2.05) is 30.3 Å². The molecule has 0 bridgehead atoms. The molecule has 1 aromatic heterocycles. The lowest BCUT2D eigenvalue weighted by Crippen LogP contribution is -2.14. The van der Waals surface area contributed by atoms with E-state index in [1.165, 1.54) is 6.20 Å². The van der Waals surface area contributed by atoms with Gasteiger partial charge in [-0.2, -0.15) is 0 Å². The van der Waals surface area contributed by atoms with E-state index in [1.54, 1.807) is 38.3 Å². The Hall–Kier alpha value is -3.54. The van der Waals surface area contributed by atoms with Crippen molar-refractivity contribution >= 4 is 11.8 Å². The molecule has 6 nitrogen and oxygen atoms in total. The highest BCUT2D eigenvalue weighted by Gasteiger charge is 2.21. The SMILES string of the molecule is CCOC(=O)c1nc(C(=O)c2ccc(OC)cc2)cnc1-c1ccccc1. The fourth-order valence-corrected chi connectivity index (χ4v) is 2.54. The van der Waals surface area contributed by atoms with Crippen molar-refractivity contribution in [1.82, 2.24) is 9.97 Å². The molecule has 6 heteroatoms. The monoisotopic (exact) mass is 362 g/mol. The van der Waals surface area contributed by atoms with Crippen molar-refractivity contribution in [3.63, 3.8) is 0 Å². The van der Waals surface area contributed by atoms with Gasteiger partial charge in [0.25, 0.3) is 0 Å². The van der Waals surface area contributed by atoms with Crippen LogP contribution in [0.25, 0.3) is 11.3 Å². The third-order valence-corrected chi connectivity index (χ3v) is 3.87. The molecule has 0 atom stereocenters. The van der Waals surface area contributed by atoms with Gasteiger partial charge in [0, 0.05) is 11.1 Å². The highest BCUT2D eigenvalue weighted by molar-refractivity contribution is 6.08. The van der Waals surface area contributed by atoms with Crippen LogP contribution in [0.5, 0.6) is 5.75 Å². The van der Waals surface area contributed by atoms with Crippen LogP contribution in [0.15, 0.2) is 60.8 Å². The maximum atomic E-state index is 12.7. The Balaban J connectivity index is 2.03. The van der Waals surface area contributed by atoms with Crippen LogP contribution in [0.2, 0.25) is 0 Å². The van der Waals surface area contributed by atoms with Crippen molar-refractivity contribution in [3.05, 3.63) is 77.7 Å². The van der Waals surface area contributed by atoms with E-state index >= 15 is 0 Å². The highest BCUT2D eigenvalue weighted by Crippen LogP contribution is 2.22. The van der Waals surface area contributed by atoms with Crippen molar-refractivity contribution in [3.8, 4) is 17.0 Å². The number of ether oxygens (including phenoxy) is 2. The lowest BCUT2D eigenvalue weighted by molar-refractivity contribution is 0.0520. The number of esters is 1. The zero-order valence-corrected chi connectivity index (χ0v) is 15.0. The standard InChI is InChI=1S/C21H18N2O4/c1-3-27-21(25)19-18(14-7-5-4-6-8-14)22-13-17(23-19)20(24)15-9-11-16(26-2)12-10-15/h4-13H,3H2,1-2H3. The first kappa shape index (κ1) is 18.3. The largest absolute Gasteiger partial charge is 0.497 e. The van der Waals surface area contributed by atoms with E-state index in [0.717, 1.165) is 5.56 Å². The normalized spacial score (nSPS) is 10.3. The lowest BCUT2D eigenvalue weighted by Gasteiger charge is -2.09. The van der Waals surface area contributed by atoms with Gasteiger partial charge in [-0.15, -0.1) is 0 Å². The first-order chi connectivity index (χ1) is 13.1. The Morgan fingerprint density at radius 1 is 1.00 bits per heavy atom. The Bertz CT molecular complexity index is 954. The third kappa shape index (κ3) is 4.00. The third-order valence-electron chi connectivity index (χ3n) is 3.87. The summed E-state index contributed by atoms with van der Waals surface area (Å²) in [6, 6.07) is 15.8. The maximum Gasteiger partial charge on any atom is 0.359 e. The van der Waals surface area contributed by atoms with Crippen LogP contribution < -0.4 is 4.74 Å². The Morgan fingerprint density at radius 2 is 1.70 bits per heavy atom. The predicted molar refractivity (Wildman–Crippen MR) is 99.9 cm³/mol. The summed E-state index contributed by atoms with van der Waals surface area (Å²) < 4.78 is 10.2. The molecule has 0 fully saturated rings. The van der Waals surface area contributed by atoms with E-state index in [0.29, 0.717) is 17.0 Å². The second-order valence-electron chi connectivity index (χ2n) is 5.60. The molecule has 136 valence electrons. The molecular formula is C21H18N2O4. The Morgan fingerprint density at radius 3 is 2.33 bits per heavy atom. The summed E-state index contributed by atoms with van der Waals surface area (Å²) in [7, 11) is 1.55. The number of ketones is 1. The minimum Gasteiger partial charge on any atom is -0.497 e. The molecule has 0 amide bonds. The summed E-state index contributed by atoms with van der Waals surface area (Å²) in [6.45, 7) is 1.91. The molecule has 0 radical (unpaired) electrons. The van der Waals surface area contributed by atoms with Gasteiger partial charge in [0.05, 0.1) is 19.9 Å². The van der Waals surface area contributed by atoms with E-state index < -0.39 is 5.97 Å². The topological polar surface area (TPSA) is 78.4 Å². The van der Waals surface area contributed by atoms with E-state index in [9.17, 15) is 9.59 Å². The van der Waals surface area contributed by atoms with Crippen molar-refractivity contribution in [2.24, 2.45) is 0 Å². The minimum atomic E-state index is -0.617. The van der Waals surface area contributed by atoms with E-state index in [4.69, 9.17) is 9.47 Å². The quantitative estimate of drug-likeness (QED) is 0.493. The molecule has 0 saturated carbocycles. The number of benzene rings is 2.